The van der Waals surface area contributed by atoms with Crippen molar-refractivity contribution in [2.75, 3.05) is 19.8 Å². The van der Waals surface area contributed by atoms with E-state index in [9.17, 15) is 4.79 Å². The number of nitrogens with zero attached hydrogens (tertiary/aromatic N) is 5. The van der Waals surface area contributed by atoms with Crippen LogP contribution in [0, 0.1) is 6.92 Å². The molecule has 0 radical (unpaired) electrons. The van der Waals surface area contributed by atoms with Crippen molar-refractivity contribution in [1.29, 1.82) is 0 Å². The number of carbonyl (C=O) groups excluding carboxylic acids is 1. The maximum atomic E-state index is 12.0. The molecule has 118 valence electrons. The Morgan fingerprint density at radius 2 is 2.04 bits per heavy atom. The van der Waals surface area contributed by atoms with Gasteiger partial charge in [0.05, 0.1) is 5.69 Å². The summed E-state index contributed by atoms with van der Waals surface area (Å²) in [7, 11) is 3.40. The lowest BCUT2D eigenvalue weighted by molar-refractivity contribution is 0.0822. The normalized spacial score (nSPS) is 11.0. The molecule has 3 aromatic heterocycles. The summed E-state index contributed by atoms with van der Waals surface area (Å²) in [6.07, 6.45) is 3.09. The van der Waals surface area contributed by atoms with E-state index >= 15 is 0 Å². The van der Waals surface area contributed by atoms with Crippen LogP contribution in [-0.2, 0) is 0 Å². The van der Waals surface area contributed by atoms with E-state index in [0.29, 0.717) is 17.0 Å². The number of fused-ring (bicyclic) bond motifs is 1. The summed E-state index contributed by atoms with van der Waals surface area (Å²) < 4.78 is 2.52. The molecule has 0 bridgehead atoms. The standard InChI is InChI=1S/C15H15BrN6O/c1-8-4-11(15(23)21(2)3)18-6-9(8)12-5-10(16)13-14(17)19-7-20-22(12)13/h4-7H,1-3H3,(H2,17,19,20). The molecule has 0 aliphatic heterocycles. The summed E-state index contributed by atoms with van der Waals surface area (Å²) in [5, 5.41) is 4.26. The average Bonchev–Trinajstić information content (AvgIpc) is 2.84. The number of hydrogen-bond acceptors (Lipinski definition) is 5. The Morgan fingerprint density at radius 3 is 2.70 bits per heavy atom. The molecule has 0 unspecified atom stereocenters. The number of hydrogen-bond donors (Lipinski definition) is 1. The molecule has 0 aliphatic rings. The van der Waals surface area contributed by atoms with E-state index in [2.05, 4.69) is 31.0 Å². The molecule has 0 aromatic carbocycles. The van der Waals surface area contributed by atoms with Gasteiger partial charge in [-0.2, -0.15) is 5.10 Å². The molecule has 0 saturated heterocycles. The van der Waals surface area contributed by atoms with Crippen LogP contribution in [-0.4, -0.2) is 44.5 Å². The highest BCUT2D eigenvalue weighted by atomic mass is 79.9. The summed E-state index contributed by atoms with van der Waals surface area (Å²) in [5.74, 6) is 0.260. The third-order valence-electron chi connectivity index (χ3n) is 3.55. The van der Waals surface area contributed by atoms with Crippen LogP contribution in [0.4, 0.5) is 5.82 Å². The minimum Gasteiger partial charge on any atom is -0.382 e. The summed E-state index contributed by atoms with van der Waals surface area (Å²) in [6, 6.07) is 3.69. The van der Waals surface area contributed by atoms with Crippen molar-refractivity contribution in [3.8, 4) is 11.3 Å². The second kappa shape index (κ2) is 5.62. The van der Waals surface area contributed by atoms with Crippen LogP contribution >= 0.6 is 15.9 Å². The molecule has 0 saturated carbocycles. The molecule has 7 nitrogen and oxygen atoms in total. The van der Waals surface area contributed by atoms with Gasteiger partial charge in [-0.25, -0.2) is 9.50 Å². The van der Waals surface area contributed by atoms with Crippen LogP contribution in [0.25, 0.3) is 16.8 Å². The highest BCUT2D eigenvalue weighted by Gasteiger charge is 2.17. The quantitative estimate of drug-likeness (QED) is 0.741. The number of carbonyl (C=O) groups is 1. The van der Waals surface area contributed by atoms with Gasteiger partial charge in [-0.05, 0) is 40.5 Å². The number of rotatable bonds is 2. The smallest absolute Gasteiger partial charge is 0.271 e. The Bertz CT molecular complexity index is 918. The summed E-state index contributed by atoms with van der Waals surface area (Å²) in [5.41, 5.74) is 9.66. The molecule has 3 aromatic rings. The van der Waals surface area contributed by atoms with E-state index in [4.69, 9.17) is 5.73 Å². The molecule has 1 amide bonds. The van der Waals surface area contributed by atoms with E-state index in [-0.39, 0.29) is 5.91 Å². The zero-order chi connectivity index (χ0) is 16.7. The lowest BCUT2D eigenvalue weighted by atomic mass is 10.1. The Balaban J connectivity index is 2.17. The number of pyridine rings is 1. The van der Waals surface area contributed by atoms with Gasteiger partial charge in [-0.15, -0.1) is 0 Å². The molecule has 2 N–H and O–H groups in total. The number of aryl methyl sites for hydroxylation is 1. The van der Waals surface area contributed by atoms with Crippen LogP contribution in [0.2, 0.25) is 0 Å². The molecule has 0 aliphatic carbocycles. The van der Waals surface area contributed by atoms with Gasteiger partial charge >= 0.3 is 0 Å². The highest BCUT2D eigenvalue weighted by molar-refractivity contribution is 9.10. The first-order valence-electron chi connectivity index (χ1n) is 6.86. The van der Waals surface area contributed by atoms with Gasteiger partial charge in [-0.1, -0.05) is 0 Å². The molecular formula is C15H15BrN6O. The topological polar surface area (TPSA) is 89.4 Å². The SMILES string of the molecule is Cc1cc(C(=O)N(C)C)ncc1-c1cc(Br)c2c(N)ncnn12. The first-order valence-corrected chi connectivity index (χ1v) is 7.66. The third-order valence-corrected chi connectivity index (χ3v) is 4.15. The van der Waals surface area contributed by atoms with Gasteiger partial charge in [0, 0.05) is 30.3 Å². The van der Waals surface area contributed by atoms with Crippen molar-refractivity contribution in [2.24, 2.45) is 0 Å². The van der Waals surface area contributed by atoms with Gasteiger partial charge in [0.15, 0.2) is 5.82 Å². The first kappa shape index (κ1) is 15.4. The van der Waals surface area contributed by atoms with Gasteiger partial charge in [0.25, 0.3) is 5.91 Å². The minimum absolute atomic E-state index is 0.132. The fourth-order valence-corrected chi connectivity index (χ4v) is 2.97. The van der Waals surface area contributed by atoms with Crippen LogP contribution in [0.3, 0.4) is 0 Å². The van der Waals surface area contributed by atoms with Crippen LogP contribution < -0.4 is 5.73 Å². The van der Waals surface area contributed by atoms with Crippen molar-refractivity contribution in [3.63, 3.8) is 0 Å². The maximum Gasteiger partial charge on any atom is 0.271 e. The summed E-state index contributed by atoms with van der Waals surface area (Å²) >= 11 is 3.49. The third kappa shape index (κ3) is 2.55. The lowest BCUT2D eigenvalue weighted by Crippen LogP contribution is -2.22. The molecule has 0 atom stereocenters. The highest BCUT2D eigenvalue weighted by Crippen LogP contribution is 2.32. The number of halogens is 1. The Kier molecular flexibility index (Phi) is 3.77. The molecule has 23 heavy (non-hydrogen) atoms. The second-order valence-electron chi connectivity index (χ2n) is 5.37. The zero-order valence-corrected chi connectivity index (χ0v) is 14.5. The minimum atomic E-state index is -0.132. The molecule has 0 fully saturated rings. The van der Waals surface area contributed by atoms with Gasteiger partial charge in [-0.3, -0.25) is 9.78 Å². The van der Waals surface area contributed by atoms with Gasteiger partial charge in [0.2, 0.25) is 0 Å². The number of anilines is 1. The van der Waals surface area contributed by atoms with Crippen LogP contribution in [0.15, 0.2) is 29.1 Å². The lowest BCUT2D eigenvalue weighted by Gasteiger charge is -2.11. The fraction of sp³-hybridized carbons (Fsp3) is 0.200. The van der Waals surface area contributed by atoms with Gasteiger partial charge < -0.3 is 10.6 Å². The average molecular weight is 375 g/mol. The Morgan fingerprint density at radius 1 is 1.30 bits per heavy atom. The number of nitrogen functional groups attached to an aromatic ring is 1. The predicted octanol–water partition coefficient (Wildman–Crippen LogP) is 2.15. The summed E-state index contributed by atoms with van der Waals surface area (Å²) in [6.45, 7) is 1.93. The van der Waals surface area contributed by atoms with Crippen molar-refractivity contribution >= 4 is 33.2 Å². The number of nitrogens with two attached hydrogens (primary N) is 1. The van der Waals surface area contributed by atoms with E-state index in [0.717, 1.165) is 21.3 Å². The maximum absolute atomic E-state index is 12.0. The van der Waals surface area contributed by atoms with E-state index in [1.54, 1.807) is 30.9 Å². The molecule has 3 heterocycles. The summed E-state index contributed by atoms with van der Waals surface area (Å²) in [4.78, 5) is 21.8. The molecule has 8 heteroatoms. The van der Waals surface area contributed by atoms with Crippen LogP contribution in [0.1, 0.15) is 16.1 Å². The van der Waals surface area contributed by atoms with Gasteiger partial charge in [0.1, 0.15) is 17.5 Å². The Labute approximate surface area is 141 Å². The van der Waals surface area contributed by atoms with E-state index in [1.807, 2.05) is 13.0 Å². The molecule has 3 rings (SSSR count). The van der Waals surface area contributed by atoms with Crippen LogP contribution in [0.5, 0.6) is 0 Å². The molecule has 0 spiro atoms. The monoisotopic (exact) mass is 374 g/mol. The Hall–Kier alpha value is -2.48. The van der Waals surface area contributed by atoms with E-state index in [1.165, 1.54) is 11.2 Å². The van der Waals surface area contributed by atoms with E-state index < -0.39 is 0 Å². The number of amides is 1. The fourth-order valence-electron chi connectivity index (χ4n) is 2.38. The number of aromatic nitrogens is 4. The predicted molar refractivity (Wildman–Crippen MR) is 91.1 cm³/mol. The van der Waals surface area contributed by atoms with Crippen molar-refractivity contribution in [2.45, 2.75) is 6.92 Å². The van der Waals surface area contributed by atoms with Crippen molar-refractivity contribution < 1.29 is 4.79 Å². The largest absolute Gasteiger partial charge is 0.382 e. The van der Waals surface area contributed by atoms with Crippen molar-refractivity contribution in [1.82, 2.24) is 24.5 Å². The molecular weight excluding hydrogens is 360 g/mol. The zero-order valence-electron chi connectivity index (χ0n) is 12.9. The first-order chi connectivity index (χ1) is 10.9. The second-order valence-corrected chi connectivity index (χ2v) is 6.22. The van der Waals surface area contributed by atoms with Crippen molar-refractivity contribution in [3.05, 3.63) is 40.4 Å².